The Bertz CT molecular complexity index is 359. The van der Waals surface area contributed by atoms with Gasteiger partial charge in [-0.25, -0.2) is 14.8 Å². The van der Waals surface area contributed by atoms with E-state index in [2.05, 4.69) is 9.97 Å². The molecular weight excluding hydrogens is 180 g/mol. The van der Waals surface area contributed by atoms with Gasteiger partial charge in [-0.3, -0.25) is 0 Å². The lowest BCUT2D eigenvalue weighted by atomic mass is 10.1. The van der Waals surface area contributed by atoms with Crippen molar-refractivity contribution in [3.8, 4) is 0 Å². The van der Waals surface area contributed by atoms with Crippen LogP contribution in [-0.4, -0.2) is 21.0 Å². The summed E-state index contributed by atoms with van der Waals surface area (Å²) < 4.78 is 0. The van der Waals surface area contributed by atoms with Crippen LogP contribution in [0.5, 0.6) is 0 Å². The van der Waals surface area contributed by atoms with Crippen LogP contribution in [0.15, 0.2) is 18.3 Å². The van der Waals surface area contributed by atoms with Gasteiger partial charge in [-0.15, -0.1) is 0 Å². The van der Waals surface area contributed by atoms with Crippen LogP contribution in [0.3, 0.4) is 0 Å². The van der Waals surface area contributed by atoms with Crippen molar-refractivity contribution in [2.24, 2.45) is 0 Å². The van der Waals surface area contributed by atoms with Crippen molar-refractivity contribution in [1.29, 1.82) is 0 Å². The molecule has 1 heterocycles. The maximum absolute atomic E-state index is 10.2. The van der Waals surface area contributed by atoms with E-state index in [1.807, 2.05) is 19.9 Å². The van der Waals surface area contributed by atoms with Crippen molar-refractivity contribution < 1.29 is 9.90 Å². The molecule has 0 aliphatic heterocycles. The number of aromatic nitrogens is 2. The van der Waals surface area contributed by atoms with Gasteiger partial charge in [-0.2, -0.15) is 0 Å². The molecule has 1 aromatic heterocycles. The molecule has 0 unspecified atom stereocenters. The third kappa shape index (κ3) is 2.97. The minimum atomic E-state index is -0.997. The maximum atomic E-state index is 10.2. The third-order valence-corrected chi connectivity index (χ3v) is 1.66. The van der Waals surface area contributed by atoms with Crippen LogP contribution < -0.4 is 0 Å². The summed E-state index contributed by atoms with van der Waals surface area (Å²) in [7, 11) is 0. The molecule has 0 saturated heterocycles. The Morgan fingerprint density at radius 3 is 2.86 bits per heavy atom. The van der Waals surface area contributed by atoms with Crippen LogP contribution in [-0.2, 0) is 4.79 Å². The van der Waals surface area contributed by atoms with Crippen LogP contribution >= 0.6 is 0 Å². The first-order chi connectivity index (χ1) is 6.59. The van der Waals surface area contributed by atoms with E-state index >= 15 is 0 Å². The zero-order valence-corrected chi connectivity index (χ0v) is 8.14. The van der Waals surface area contributed by atoms with Gasteiger partial charge in [0.1, 0.15) is 0 Å². The van der Waals surface area contributed by atoms with Gasteiger partial charge in [-0.05, 0) is 18.1 Å². The monoisotopic (exact) mass is 192 g/mol. The minimum absolute atomic E-state index is 0.315. The number of hydrogen-bond acceptors (Lipinski definition) is 3. The van der Waals surface area contributed by atoms with Crippen LogP contribution in [0, 0.1) is 0 Å². The highest BCUT2D eigenvalue weighted by Crippen LogP contribution is 2.10. The molecule has 4 heteroatoms. The zero-order chi connectivity index (χ0) is 10.6. The van der Waals surface area contributed by atoms with Crippen molar-refractivity contribution in [3.05, 3.63) is 29.9 Å². The summed E-state index contributed by atoms with van der Waals surface area (Å²) in [4.78, 5) is 18.4. The first kappa shape index (κ1) is 10.4. The van der Waals surface area contributed by atoms with E-state index in [0.717, 1.165) is 11.8 Å². The summed E-state index contributed by atoms with van der Waals surface area (Å²) in [5.41, 5.74) is 0.907. The molecule has 0 radical (unpaired) electrons. The van der Waals surface area contributed by atoms with E-state index in [0.29, 0.717) is 11.7 Å². The fourth-order valence-electron chi connectivity index (χ4n) is 0.936. The van der Waals surface area contributed by atoms with E-state index in [1.54, 1.807) is 6.20 Å². The fraction of sp³-hybridized carbons (Fsp3) is 0.300. The predicted molar refractivity (Wildman–Crippen MR) is 52.8 cm³/mol. The van der Waals surface area contributed by atoms with Crippen molar-refractivity contribution in [1.82, 2.24) is 9.97 Å². The number of aliphatic carboxylic acids is 1. The molecule has 0 bridgehead atoms. The number of carbonyl (C=O) groups is 1. The number of carboxylic acids is 1. The smallest absolute Gasteiger partial charge is 0.328 e. The second-order valence-electron chi connectivity index (χ2n) is 3.17. The highest BCUT2D eigenvalue weighted by atomic mass is 16.4. The van der Waals surface area contributed by atoms with Gasteiger partial charge in [0.25, 0.3) is 0 Å². The SMILES string of the molecule is CC(C)c1ccnc(/C=C/C(=O)O)n1. The van der Waals surface area contributed by atoms with E-state index in [4.69, 9.17) is 5.11 Å². The second kappa shape index (κ2) is 4.50. The van der Waals surface area contributed by atoms with Crippen molar-refractivity contribution in [2.75, 3.05) is 0 Å². The van der Waals surface area contributed by atoms with E-state index < -0.39 is 5.97 Å². The molecule has 1 N–H and O–H groups in total. The quantitative estimate of drug-likeness (QED) is 0.740. The number of nitrogens with zero attached hydrogens (tertiary/aromatic N) is 2. The van der Waals surface area contributed by atoms with Gasteiger partial charge in [0.15, 0.2) is 5.82 Å². The molecule has 0 aromatic carbocycles. The van der Waals surface area contributed by atoms with Gasteiger partial charge in [0.2, 0.25) is 0 Å². The molecule has 0 fully saturated rings. The van der Waals surface area contributed by atoms with Crippen LogP contribution in [0.1, 0.15) is 31.3 Å². The molecule has 0 aliphatic rings. The first-order valence-corrected chi connectivity index (χ1v) is 4.33. The fourth-order valence-corrected chi connectivity index (χ4v) is 0.936. The Balaban J connectivity index is 2.89. The van der Waals surface area contributed by atoms with Gasteiger partial charge >= 0.3 is 5.97 Å². The average molecular weight is 192 g/mol. The Labute approximate surface area is 82.3 Å². The van der Waals surface area contributed by atoms with Crippen LogP contribution in [0.4, 0.5) is 0 Å². The molecule has 74 valence electrons. The van der Waals surface area contributed by atoms with Gasteiger partial charge in [0.05, 0.1) is 0 Å². The molecule has 0 amide bonds. The van der Waals surface area contributed by atoms with Crippen molar-refractivity contribution in [2.45, 2.75) is 19.8 Å². The summed E-state index contributed by atoms with van der Waals surface area (Å²) >= 11 is 0. The normalized spacial score (nSPS) is 11.1. The lowest BCUT2D eigenvalue weighted by Crippen LogP contribution is -1.96. The minimum Gasteiger partial charge on any atom is -0.478 e. The zero-order valence-electron chi connectivity index (χ0n) is 8.14. The van der Waals surface area contributed by atoms with E-state index in [-0.39, 0.29) is 0 Å². The van der Waals surface area contributed by atoms with Crippen molar-refractivity contribution in [3.63, 3.8) is 0 Å². The largest absolute Gasteiger partial charge is 0.478 e. The molecule has 0 aliphatic carbocycles. The van der Waals surface area contributed by atoms with Crippen LogP contribution in [0.25, 0.3) is 6.08 Å². The molecular formula is C10H12N2O2. The topological polar surface area (TPSA) is 63.1 Å². The summed E-state index contributed by atoms with van der Waals surface area (Å²) in [5.74, 6) is -0.253. The van der Waals surface area contributed by atoms with Gasteiger partial charge < -0.3 is 5.11 Å². The predicted octanol–water partition coefficient (Wildman–Crippen LogP) is 1.70. The number of hydrogen-bond donors (Lipinski definition) is 1. The van der Waals surface area contributed by atoms with Crippen molar-refractivity contribution >= 4 is 12.0 Å². The lowest BCUT2D eigenvalue weighted by Gasteiger charge is -2.03. The summed E-state index contributed by atoms with van der Waals surface area (Å²) in [6, 6.07) is 1.82. The van der Waals surface area contributed by atoms with Gasteiger partial charge in [0, 0.05) is 18.0 Å². The Hall–Kier alpha value is -1.71. The summed E-state index contributed by atoms with van der Waals surface area (Å²) in [6.07, 6.45) is 4.04. The molecule has 0 spiro atoms. The van der Waals surface area contributed by atoms with Gasteiger partial charge in [-0.1, -0.05) is 13.8 Å². The molecule has 14 heavy (non-hydrogen) atoms. The number of rotatable bonds is 3. The average Bonchev–Trinajstić information content (AvgIpc) is 2.15. The Morgan fingerprint density at radius 2 is 2.29 bits per heavy atom. The summed E-state index contributed by atoms with van der Waals surface area (Å²) in [6.45, 7) is 4.04. The second-order valence-corrected chi connectivity index (χ2v) is 3.17. The Morgan fingerprint density at radius 1 is 1.57 bits per heavy atom. The number of carboxylic acid groups (broad SMARTS) is 1. The third-order valence-electron chi connectivity index (χ3n) is 1.66. The lowest BCUT2D eigenvalue weighted by molar-refractivity contribution is -0.131. The first-order valence-electron chi connectivity index (χ1n) is 4.33. The maximum Gasteiger partial charge on any atom is 0.328 e. The summed E-state index contributed by atoms with van der Waals surface area (Å²) in [5, 5.41) is 8.41. The van der Waals surface area contributed by atoms with E-state index in [1.165, 1.54) is 6.08 Å². The molecule has 1 aromatic rings. The standard InChI is InChI=1S/C10H12N2O2/c1-7(2)8-5-6-11-9(12-8)3-4-10(13)14/h3-7H,1-2H3,(H,13,14)/b4-3+. The Kier molecular flexibility index (Phi) is 3.34. The highest BCUT2D eigenvalue weighted by molar-refractivity contribution is 5.84. The highest BCUT2D eigenvalue weighted by Gasteiger charge is 2.01. The molecule has 0 atom stereocenters. The molecule has 4 nitrogen and oxygen atoms in total. The van der Waals surface area contributed by atoms with E-state index in [9.17, 15) is 4.79 Å². The molecule has 1 rings (SSSR count). The van der Waals surface area contributed by atoms with Crippen LogP contribution in [0.2, 0.25) is 0 Å². The molecule has 0 saturated carbocycles.